The number of hydrogen-bond donors (Lipinski definition) is 1. The van der Waals surface area contributed by atoms with Crippen molar-refractivity contribution >= 4 is 0 Å². The Bertz CT molecular complexity index is 351. The third kappa shape index (κ3) is 9.43. The van der Waals surface area contributed by atoms with Crippen LogP contribution in [0.4, 0.5) is 0 Å². The van der Waals surface area contributed by atoms with Crippen LogP contribution in [0.15, 0.2) is 42.5 Å². The van der Waals surface area contributed by atoms with E-state index < -0.39 is 0 Å². The van der Waals surface area contributed by atoms with Crippen LogP contribution in [0.3, 0.4) is 0 Å². The summed E-state index contributed by atoms with van der Waals surface area (Å²) in [5.41, 5.74) is 1.23. The molecule has 2 heteroatoms. The highest BCUT2D eigenvalue weighted by molar-refractivity contribution is 5.13. The summed E-state index contributed by atoms with van der Waals surface area (Å²) >= 11 is 0. The lowest BCUT2D eigenvalue weighted by molar-refractivity contribution is 0.125. The minimum absolute atomic E-state index is 0.302. The van der Waals surface area contributed by atoms with Crippen molar-refractivity contribution in [3.63, 3.8) is 0 Å². The molecular formula is C19H30O2. The third-order valence-electron chi connectivity index (χ3n) is 3.61. The number of benzene rings is 1. The molecule has 0 radical (unpaired) electrons. The molecule has 0 saturated heterocycles. The molecule has 0 aromatic heterocycles. The Morgan fingerprint density at radius 3 is 2.62 bits per heavy atom. The second-order valence-electron chi connectivity index (χ2n) is 5.52. The van der Waals surface area contributed by atoms with Crippen molar-refractivity contribution in [3.8, 4) is 0 Å². The van der Waals surface area contributed by atoms with Crippen molar-refractivity contribution in [2.45, 2.75) is 52.1 Å². The van der Waals surface area contributed by atoms with Crippen molar-refractivity contribution in [2.75, 3.05) is 13.2 Å². The molecule has 0 aliphatic heterocycles. The molecule has 1 N–H and O–H groups in total. The van der Waals surface area contributed by atoms with Crippen LogP contribution >= 0.6 is 0 Å². The van der Waals surface area contributed by atoms with Crippen LogP contribution in [0.5, 0.6) is 0 Å². The molecule has 1 aromatic rings. The Kier molecular flexibility index (Phi) is 10.8. The van der Waals surface area contributed by atoms with Gasteiger partial charge in [-0.05, 0) is 37.2 Å². The monoisotopic (exact) mass is 290 g/mol. The first kappa shape index (κ1) is 17.9. The van der Waals surface area contributed by atoms with E-state index in [1.54, 1.807) is 0 Å². The molecule has 0 aliphatic carbocycles. The highest BCUT2D eigenvalue weighted by Gasteiger charge is 2.03. The van der Waals surface area contributed by atoms with Gasteiger partial charge >= 0.3 is 0 Å². The smallest absolute Gasteiger partial charge is 0.0717 e. The molecule has 0 amide bonds. The first-order valence-corrected chi connectivity index (χ1v) is 8.26. The number of hydrogen-bond acceptors (Lipinski definition) is 2. The lowest BCUT2D eigenvalue weighted by atomic mass is 9.96. The number of ether oxygens (including phenoxy) is 1. The molecule has 21 heavy (non-hydrogen) atoms. The maximum atomic E-state index is 8.95. The maximum Gasteiger partial charge on any atom is 0.0717 e. The fourth-order valence-corrected chi connectivity index (χ4v) is 2.36. The predicted octanol–water partition coefficient (Wildman–Crippen LogP) is 4.73. The first-order chi connectivity index (χ1) is 10.4. The lowest BCUT2D eigenvalue weighted by Gasteiger charge is -2.11. The average molecular weight is 290 g/mol. The van der Waals surface area contributed by atoms with Gasteiger partial charge in [-0.25, -0.2) is 0 Å². The summed E-state index contributed by atoms with van der Waals surface area (Å²) in [6, 6.07) is 10.3. The highest BCUT2D eigenvalue weighted by atomic mass is 16.5. The number of aliphatic hydroxyl groups excluding tert-OH is 1. The Morgan fingerprint density at radius 2 is 1.90 bits per heavy atom. The van der Waals surface area contributed by atoms with E-state index in [2.05, 4.69) is 31.2 Å². The molecular weight excluding hydrogens is 260 g/mol. The van der Waals surface area contributed by atoms with Crippen LogP contribution in [0.25, 0.3) is 0 Å². The number of aliphatic hydroxyl groups is 1. The number of rotatable bonds is 12. The van der Waals surface area contributed by atoms with Crippen LogP contribution < -0.4 is 0 Å². The van der Waals surface area contributed by atoms with Gasteiger partial charge in [0.15, 0.2) is 0 Å². The normalized spacial score (nSPS) is 12.9. The second kappa shape index (κ2) is 12.6. The summed E-state index contributed by atoms with van der Waals surface area (Å²) in [5.74, 6) is 0.617. The van der Waals surface area contributed by atoms with E-state index in [0.29, 0.717) is 19.1 Å². The molecule has 0 spiro atoms. The Morgan fingerprint density at radius 1 is 1.14 bits per heavy atom. The quantitative estimate of drug-likeness (QED) is 0.445. The maximum absolute atomic E-state index is 8.95. The minimum atomic E-state index is 0.302. The van der Waals surface area contributed by atoms with E-state index in [4.69, 9.17) is 9.84 Å². The van der Waals surface area contributed by atoms with Crippen LogP contribution in [0.2, 0.25) is 0 Å². The van der Waals surface area contributed by atoms with Crippen molar-refractivity contribution in [1.82, 2.24) is 0 Å². The van der Waals surface area contributed by atoms with E-state index >= 15 is 0 Å². The van der Waals surface area contributed by atoms with Crippen molar-refractivity contribution in [3.05, 3.63) is 48.0 Å². The SMILES string of the molecule is CCCC[C@H](/C=C/CCOCc1ccccc1)CCCO. The van der Waals surface area contributed by atoms with E-state index in [-0.39, 0.29) is 0 Å². The first-order valence-electron chi connectivity index (χ1n) is 8.26. The molecule has 1 atom stereocenters. The Labute approximate surface area is 129 Å². The van der Waals surface area contributed by atoms with E-state index in [1.807, 2.05) is 18.2 Å². The van der Waals surface area contributed by atoms with Gasteiger partial charge in [-0.2, -0.15) is 0 Å². The molecule has 1 aromatic carbocycles. The van der Waals surface area contributed by atoms with Gasteiger partial charge in [-0.3, -0.25) is 0 Å². The van der Waals surface area contributed by atoms with Gasteiger partial charge in [-0.15, -0.1) is 0 Å². The third-order valence-corrected chi connectivity index (χ3v) is 3.61. The standard InChI is InChI=1S/C19H30O2/c1-2-3-10-18(14-9-15-20)11-7-8-16-21-17-19-12-5-4-6-13-19/h4-7,11-13,18,20H,2-3,8-10,14-17H2,1H3/b11-7+/t18-/m1/s1. The van der Waals surface area contributed by atoms with Crippen molar-refractivity contribution < 1.29 is 9.84 Å². The Hall–Kier alpha value is -1.12. The summed E-state index contributed by atoms with van der Waals surface area (Å²) in [5, 5.41) is 8.95. The van der Waals surface area contributed by atoms with E-state index in [9.17, 15) is 0 Å². The molecule has 0 unspecified atom stereocenters. The Balaban J connectivity index is 2.15. The molecule has 0 aliphatic rings. The van der Waals surface area contributed by atoms with Crippen LogP contribution in [-0.2, 0) is 11.3 Å². The van der Waals surface area contributed by atoms with Crippen LogP contribution in [0, 0.1) is 5.92 Å². The van der Waals surface area contributed by atoms with Gasteiger partial charge in [0.1, 0.15) is 0 Å². The van der Waals surface area contributed by atoms with E-state index in [0.717, 1.165) is 25.9 Å². The second-order valence-corrected chi connectivity index (χ2v) is 5.52. The van der Waals surface area contributed by atoms with Gasteiger partial charge in [0.2, 0.25) is 0 Å². The van der Waals surface area contributed by atoms with Crippen molar-refractivity contribution in [2.24, 2.45) is 5.92 Å². The summed E-state index contributed by atoms with van der Waals surface area (Å²) in [4.78, 5) is 0. The molecule has 0 saturated carbocycles. The summed E-state index contributed by atoms with van der Waals surface area (Å²) in [6.07, 6.45) is 11.3. The summed E-state index contributed by atoms with van der Waals surface area (Å²) in [7, 11) is 0. The van der Waals surface area contributed by atoms with Gasteiger partial charge < -0.3 is 9.84 Å². The fraction of sp³-hybridized carbons (Fsp3) is 0.579. The van der Waals surface area contributed by atoms with Gasteiger partial charge in [0, 0.05) is 6.61 Å². The predicted molar refractivity (Wildman–Crippen MR) is 89.2 cm³/mol. The summed E-state index contributed by atoms with van der Waals surface area (Å²) < 4.78 is 5.67. The van der Waals surface area contributed by atoms with Gasteiger partial charge in [0.05, 0.1) is 13.2 Å². The van der Waals surface area contributed by atoms with Crippen LogP contribution in [0.1, 0.15) is 51.0 Å². The average Bonchev–Trinajstić information content (AvgIpc) is 2.53. The topological polar surface area (TPSA) is 29.5 Å². The number of unbranched alkanes of at least 4 members (excludes halogenated alkanes) is 1. The molecule has 1 rings (SSSR count). The zero-order valence-electron chi connectivity index (χ0n) is 13.3. The minimum Gasteiger partial charge on any atom is -0.396 e. The zero-order chi connectivity index (χ0) is 15.2. The molecule has 0 bridgehead atoms. The lowest BCUT2D eigenvalue weighted by Crippen LogP contribution is -1.99. The van der Waals surface area contributed by atoms with E-state index in [1.165, 1.54) is 24.8 Å². The molecule has 0 heterocycles. The molecule has 118 valence electrons. The number of allylic oxidation sites excluding steroid dienone is 1. The molecule has 0 fully saturated rings. The fourth-order valence-electron chi connectivity index (χ4n) is 2.36. The van der Waals surface area contributed by atoms with Crippen LogP contribution in [-0.4, -0.2) is 18.3 Å². The zero-order valence-corrected chi connectivity index (χ0v) is 13.3. The van der Waals surface area contributed by atoms with Gasteiger partial charge in [0.25, 0.3) is 0 Å². The van der Waals surface area contributed by atoms with Crippen molar-refractivity contribution in [1.29, 1.82) is 0 Å². The van der Waals surface area contributed by atoms with Gasteiger partial charge in [-0.1, -0.05) is 62.2 Å². The molecule has 2 nitrogen and oxygen atoms in total. The summed E-state index contributed by atoms with van der Waals surface area (Å²) in [6.45, 7) is 3.99. The largest absolute Gasteiger partial charge is 0.396 e. The highest BCUT2D eigenvalue weighted by Crippen LogP contribution is 2.16.